The molecule has 5 nitrogen and oxygen atoms in total. The molecule has 14 heavy (non-hydrogen) atoms. The van der Waals surface area contributed by atoms with Crippen molar-refractivity contribution in [3.05, 3.63) is 50.9 Å². The third kappa shape index (κ3) is 1.35. The molecule has 0 fully saturated rings. The fourth-order valence-corrected chi connectivity index (χ4v) is 1.12. The third-order valence-electron chi connectivity index (χ3n) is 1.75. The Morgan fingerprint density at radius 2 is 2.21 bits per heavy atom. The van der Waals surface area contributed by atoms with Crippen molar-refractivity contribution in [1.82, 2.24) is 0 Å². The van der Waals surface area contributed by atoms with E-state index in [0.29, 0.717) is 11.0 Å². The highest BCUT2D eigenvalue weighted by Gasteiger charge is 2.06. The van der Waals surface area contributed by atoms with Crippen molar-refractivity contribution in [3.8, 4) is 0 Å². The largest absolute Gasteiger partial charge is 0.422 e. The van der Waals surface area contributed by atoms with Crippen LogP contribution in [0.2, 0.25) is 0 Å². The standard InChI is InChI=1S/C9H4NO4/c11-9-4-1-6-5-7(10(12)13)2-3-8(6)14-9/h1-3,5H. The van der Waals surface area contributed by atoms with Crippen molar-refractivity contribution in [1.29, 1.82) is 0 Å². The summed E-state index contributed by atoms with van der Waals surface area (Å²) >= 11 is 0. The molecule has 0 spiro atoms. The highest BCUT2D eigenvalue weighted by Crippen LogP contribution is 2.18. The Bertz CT molecular complexity index is 558. The zero-order valence-electron chi connectivity index (χ0n) is 6.89. The number of benzene rings is 1. The molecule has 5 heteroatoms. The van der Waals surface area contributed by atoms with E-state index in [-0.39, 0.29) is 5.69 Å². The Morgan fingerprint density at radius 3 is 2.93 bits per heavy atom. The predicted molar refractivity (Wildman–Crippen MR) is 48.0 cm³/mol. The summed E-state index contributed by atoms with van der Waals surface area (Å²) in [7, 11) is 0. The smallest absolute Gasteiger partial charge is 0.344 e. The normalized spacial score (nSPS) is 10.3. The first-order valence-electron chi connectivity index (χ1n) is 3.77. The molecule has 0 aliphatic carbocycles. The molecule has 1 radical (unpaired) electrons. The zero-order valence-corrected chi connectivity index (χ0v) is 6.89. The van der Waals surface area contributed by atoms with Gasteiger partial charge in [-0.15, -0.1) is 0 Å². The molecule has 2 rings (SSSR count). The molecule has 2 aromatic rings. The molecule has 0 aliphatic heterocycles. The molecular weight excluding hydrogens is 186 g/mol. The average molecular weight is 190 g/mol. The van der Waals surface area contributed by atoms with Crippen LogP contribution in [0.4, 0.5) is 5.69 Å². The van der Waals surface area contributed by atoms with Crippen molar-refractivity contribution in [2.45, 2.75) is 0 Å². The van der Waals surface area contributed by atoms with Gasteiger partial charge in [-0.1, -0.05) is 0 Å². The van der Waals surface area contributed by atoms with Gasteiger partial charge in [0.1, 0.15) is 5.58 Å². The van der Waals surface area contributed by atoms with Crippen LogP contribution in [0.5, 0.6) is 0 Å². The van der Waals surface area contributed by atoms with Crippen LogP contribution in [0.1, 0.15) is 0 Å². The summed E-state index contributed by atoms with van der Waals surface area (Å²) in [5.74, 6) is 0. The second-order valence-electron chi connectivity index (χ2n) is 2.66. The van der Waals surface area contributed by atoms with E-state index in [0.717, 1.165) is 0 Å². The highest BCUT2D eigenvalue weighted by atomic mass is 16.6. The minimum Gasteiger partial charge on any atom is -0.422 e. The van der Waals surface area contributed by atoms with Gasteiger partial charge in [0.2, 0.25) is 0 Å². The van der Waals surface area contributed by atoms with E-state index in [4.69, 9.17) is 4.42 Å². The summed E-state index contributed by atoms with van der Waals surface area (Å²) in [5, 5.41) is 10.9. The number of rotatable bonds is 1. The lowest BCUT2D eigenvalue weighted by atomic mass is 10.2. The van der Waals surface area contributed by atoms with Gasteiger partial charge >= 0.3 is 5.63 Å². The molecule has 0 bridgehead atoms. The fraction of sp³-hybridized carbons (Fsp3) is 0. The Hall–Kier alpha value is -2.17. The summed E-state index contributed by atoms with van der Waals surface area (Å²) in [5.41, 5.74) is -0.314. The molecule has 0 saturated carbocycles. The Kier molecular flexibility index (Phi) is 1.78. The SMILES string of the molecule is O=c1[c]cc2cc([N+](=O)[O-])ccc2o1. The molecule has 1 aromatic heterocycles. The van der Waals surface area contributed by atoms with Crippen LogP contribution in [-0.2, 0) is 0 Å². The molecule has 0 aliphatic rings. The molecule has 0 atom stereocenters. The van der Waals surface area contributed by atoms with E-state index in [2.05, 4.69) is 6.07 Å². The minimum absolute atomic E-state index is 0.0419. The molecular formula is C9H4NO4. The van der Waals surface area contributed by atoms with Crippen LogP contribution in [0.25, 0.3) is 11.0 Å². The Balaban J connectivity index is 2.73. The molecule has 0 unspecified atom stereocenters. The van der Waals surface area contributed by atoms with Crippen LogP contribution < -0.4 is 5.63 Å². The highest BCUT2D eigenvalue weighted by molar-refractivity contribution is 5.78. The lowest BCUT2D eigenvalue weighted by Crippen LogP contribution is -1.95. The maximum atomic E-state index is 10.7. The molecule has 1 aromatic carbocycles. The van der Waals surface area contributed by atoms with Crippen LogP contribution >= 0.6 is 0 Å². The lowest BCUT2D eigenvalue weighted by Gasteiger charge is -1.94. The van der Waals surface area contributed by atoms with E-state index in [1.165, 1.54) is 24.3 Å². The number of hydrogen-bond acceptors (Lipinski definition) is 4. The van der Waals surface area contributed by atoms with Gasteiger partial charge in [0.05, 0.1) is 11.0 Å². The van der Waals surface area contributed by atoms with Crippen molar-refractivity contribution in [2.24, 2.45) is 0 Å². The number of nitro groups is 1. The van der Waals surface area contributed by atoms with E-state index < -0.39 is 10.5 Å². The average Bonchev–Trinajstić information content (AvgIpc) is 2.16. The van der Waals surface area contributed by atoms with Crippen molar-refractivity contribution < 1.29 is 9.34 Å². The number of non-ortho nitro benzene ring substituents is 1. The number of nitro benzene ring substituents is 1. The Labute approximate surface area is 77.7 Å². The van der Waals surface area contributed by atoms with Crippen LogP contribution in [-0.4, -0.2) is 4.92 Å². The fourth-order valence-electron chi connectivity index (χ4n) is 1.12. The zero-order chi connectivity index (χ0) is 10.1. The van der Waals surface area contributed by atoms with E-state index in [9.17, 15) is 14.9 Å². The van der Waals surface area contributed by atoms with Gasteiger partial charge in [-0.05, 0) is 12.1 Å². The first kappa shape index (κ1) is 8.43. The van der Waals surface area contributed by atoms with Crippen molar-refractivity contribution in [3.63, 3.8) is 0 Å². The number of nitrogens with zero attached hydrogens (tertiary/aromatic N) is 1. The van der Waals surface area contributed by atoms with E-state index in [1.54, 1.807) is 0 Å². The topological polar surface area (TPSA) is 73.3 Å². The second-order valence-corrected chi connectivity index (χ2v) is 2.66. The summed E-state index contributed by atoms with van der Waals surface area (Å²) in [4.78, 5) is 20.7. The first-order chi connectivity index (χ1) is 6.66. The Morgan fingerprint density at radius 1 is 1.43 bits per heavy atom. The van der Waals surface area contributed by atoms with Crippen molar-refractivity contribution in [2.75, 3.05) is 0 Å². The second kappa shape index (κ2) is 2.95. The van der Waals surface area contributed by atoms with Crippen LogP contribution in [0.15, 0.2) is 33.5 Å². The van der Waals surface area contributed by atoms with E-state index >= 15 is 0 Å². The molecule has 0 amide bonds. The monoisotopic (exact) mass is 190 g/mol. The number of fused-ring (bicyclic) bond motifs is 1. The van der Waals surface area contributed by atoms with Gasteiger partial charge < -0.3 is 4.42 Å². The molecule has 69 valence electrons. The van der Waals surface area contributed by atoms with Crippen molar-refractivity contribution >= 4 is 16.7 Å². The maximum Gasteiger partial charge on any atom is 0.344 e. The van der Waals surface area contributed by atoms with E-state index in [1.807, 2.05) is 0 Å². The van der Waals surface area contributed by atoms with Gasteiger partial charge in [0.15, 0.2) is 0 Å². The van der Waals surface area contributed by atoms with Gasteiger partial charge in [0.25, 0.3) is 5.69 Å². The van der Waals surface area contributed by atoms with Crippen LogP contribution in [0.3, 0.4) is 0 Å². The summed E-state index contributed by atoms with van der Waals surface area (Å²) in [6.45, 7) is 0. The summed E-state index contributed by atoms with van der Waals surface area (Å²) < 4.78 is 4.76. The lowest BCUT2D eigenvalue weighted by molar-refractivity contribution is -0.384. The predicted octanol–water partition coefficient (Wildman–Crippen LogP) is 1.50. The van der Waals surface area contributed by atoms with Crippen LogP contribution in [0, 0.1) is 16.2 Å². The maximum absolute atomic E-state index is 10.7. The molecule has 1 heterocycles. The quantitative estimate of drug-likeness (QED) is 0.388. The molecule has 0 N–H and O–H groups in total. The van der Waals surface area contributed by atoms with Gasteiger partial charge in [-0.3, -0.25) is 10.1 Å². The first-order valence-corrected chi connectivity index (χ1v) is 3.77. The molecule has 0 saturated heterocycles. The number of hydrogen-bond donors (Lipinski definition) is 0. The van der Waals surface area contributed by atoms with Gasteiger partial charge in [-0.25, -0.2) is 4.79 Å². The third-order valence-corrected chi connectivity index (χ3v) is 1.75. The van der Waals surface area contributed by atoms with Gasteiger partial charge in [-0.2, -0.15) is 0 Å². The summed E-state index contributed by atoms with van der Waals surface area (Å²) in [6, 6.07) is 7.67. The van der Waals surface area contributed by atoms with Gasteiger partial charge in [0, 0.05) is 17.5 Å². The minimum atomic E-state index is -0.591. The summed E-state index contributed by atoms with van der Waals surface area (Å²) in [6.07, 6.45) is 0.